The van der Waals surface area contributed by atoms with E-state index >= 15 is 0 Å². The number of rotatable bonds is 6. The SMILES string of the molecule is Cc1cccc(CN2CCN(C(=O)c3ccc(N[S+]([O-])c4cccc5cccnc45)c(C)c3)CC2)n1. The van der Waals surface area contributed by atoms with Crippen molar-refractivity contribution < 1.29 is 9.35 Å². The van der Waals surface area contributed by atoms with Gasteiger partial charge < -0.3 is 9.45 Å². The molecule has 2 aromatic carbocycles. The molecule has 1 saturated heterocycles. The van der Waals surface area contributed by atoms with Gasteiger partial charge in [-0.25, -0.2) is 4.72 Å². The van der Waals surface area contributed by atoms with E-state index < -0.39 is 11.4 Å². The Morgan fingerprint density at radius 1 is 1.00 bits per heavy atom. The highest BCUT2D eigenvalue weighted by atomic mass is 32.2. The first kappa shape index (κ1) is 24.2. The lowest BCUT2D eigenvalue weighted by atomic mass is 10.1. The Kier molecular flexibility index (Phi) is 7.18. The number of amides is 1. The number of carbonyl (C=O) groups is 1. The van der Waals surface area contributed by atoms with Crippen molar-refractivity contribution in [1.82, 2.24) is 19.8 Å². The van der Waals surface area contributed by atoms with Gasteiger partial charge in [-0.1, -0.05) is 24.3 Å². The Morgan fingerprint density at radius 2 is 1.78 bits per heavy atom. The molecule has 36 heavy (non-hydrogen) atoms. The number of fused-ring (bicyclic) bond motifs is 1. The molecule has 3 heterocycles. The predicted molar refractivity (Wildman–Crippen MR) is 143 cm³/mol. The number of aryl methyl sites for hydroxylation is 2. The number of benzene rings is 2. The maximum absolute atomic E-state index is 13.2. The Labute approximate surface area is 214 Å². The fourth-order valence-corrected chi connectivity index (χ4v) is 5.59. The summed E-state index contributed by atoms with van der Waals surface area (Å²) in [6.45, 7) is 7.72. The van der Waals surface area contributed by atoms with Crippen LogP contribution in [0.4, 0.5) is 5.69 Å². The number of pyridine rings is 2. The molecule has 1 N–H and O–H groups in total. The summed E-state index contributed by atoms with van der Waals surface area (Å²) >= 11 is -1.48. The molecule has 5 rings (SSSR count). The smallest absolute Gasteiger partial charge is 0.253 e. The van der Waals surface area contributed by atoms with Gasteiger partial charge in [0.1, 0.15) is 16.9 Å². The van der Waals surface area contributed by atoms with Gasteiger partial charge >= 0.3 is 0 Å². The average Bonchev–Trinajstić information content (AvgIpc) is 2.89. The van der Waals surface area contributed by atoms with E-state index in [9.17, 15) is 9.35 Å². The monoisotopic (exact) mass is 499 g/mol. The van der Waals surface area contributed by atoms with Gasteiger partial charge in [-0.15, -0.1) is 0 Å². The molecule has 184 valence electrons. The standard InChI is InChI=1S/C28H29N5O2S/c1-20-18-23(28(34)33-16-14-32(15-17-33)19-24-9-3-6-21(2)30-24)11-12-25(20)31-36(35)26-10-4-7-22-8-5-13-29-27(22)26/h3-13,18,31H,14-17,19H2,1-2H3. The number of para-hydroxylation sites is 1. The van der Waals surface area contributed by atoms with E-state index in [0.717, 1.165) is 47.7 Å². The van der Waals surface area contributed by atoms with Crippen LogP contribution < -0.4 is 4.72 Å². The second kappa shape index (κ2) is 10.7. The molecule has 1 fully saturated rings. The van der Waals surface area contributed by atoms with Crippen molar-refractivity contribution in [1.29, 1.82) is 0 Å². The fraction of sp³-hybridized carbons (Fsp3) is 0.250. The quantitative estimate of drug-likeness (QED) is 0.398. The van der Waals surface area contributed by atoms with Gasteiger partial charge in [0, 0.05) is 55.6 Å². The van der Waals surface area contributed by atoms with E-state index in [4.69, 9.17) is 0 Å². The first-order valence-electron chi connectivity index (χ1n) is 12.0. The highest BCUT2D eigenvalue weighted by Gasteiger charge is 2.23. The van der Waals surface area contributed by atoms with E-state index in [1.807, 2.05) is 79.4 Å². The molecule has 0 radical (unpaired) electrons. The lowest BCUT2D eigenvalue weighted by Gasteiger charge is -2.34. The van der Waals surface area contributed by atoms with E-state index in [0.29, 0.717) is 29.1 Å². The van der Waals surface area contributed by atoms with Crippen molar-refractivity contribution >= 4 is 33.9 Å². The fourth-order valence-electron chi connectivity index (χ4n) is 4.50. The predicted octanol–water partition coefficient (Wildman–Crippen LogP) is 4.34. The molecular formula is C28H29N5O2S. The first-order chi connectivity index (χ1) is 17.5. The van der Waals surface area contributed by atoms with Crippen LogP contribution in [0.15, 0.2) is 77.8 Å². The molecule has 1 amide bonds. The van der Waals surface area contributed by atoms with Gasteiger partial charge in [0.2, 0.25) is 4.90 Å². The Hall–Kier alpha value is -3.46. The normalized spacial score (nSPS) is 15.1. The third-order valence-corrected chi connectivity index (χ3v) is 7.60. The van der Waals surface area contributed by atoms with E-state index in [1.54, 1.807) is 12.3 Å². The van der Waals surface area contributed by atoms with E-state index in [2.05, 4.69) is 19.6 Å². The molecule has 4 aromatic rings. The van der Waals surface area contributed by atoms with Crippen LogP contribution in [-0.2, 0) is 17.9 Å². The number of aromatic nitrogens is 2. The largest absolute Gasteiger partial charge is 0.588 e. The zero-order valence-corrected chi connectivity index (χ0v) is 21.3. The number of nitrogens with zero attached hydrogens (tertiary/aromatic N) is 4. The number of carbonyl (C=O) groups excluding carboxylic acids is 1. The van der Waals surface area contributed by atoms with Crippen molar-refractivity contribution in [3.63, 3.8) is 0 Å². The third-order valence-electron chi connectivity index (χ3n) is 6.46. The lowest BCUT2D eigenvalue weighted by molar-refractivity contribution is 0.0627. The van der Waals surface area contributed by atoms with Crippen molar-refractivity contribution in [2.45, 2.75) is 25.3 Å². The van der Waals surface area contributed by atoms with Gasteiger partial charge in [0.25, 0.3) is 5.91 Å². The van der Waals surface area contributed by atoms with Gasteiger partial charge in [-0.3, -0.25) is 19.7 Å². The zero-order valence-electron chi connectivity index (χ0n) is 20.5. The minimum absolute atomic E-state index is 0.0253. The molecule has 7 nitrogen and oxygen atoms in total. The summed E-state index contributed by atoms with van der Waals surface area (Å²) < 4.78 is 16.2. The van der Waals surface area contributed by atoms with Crippen molar-refractivity contribution in [3.05, 3.63) is 95.4 Å². The zero-order chi connectivity index (χ0) is 25.1. The minimum Gasteiger partial charge on any atom is -0.588 e. The maximum Gasteiger partial charge on any atom is 0.253 e. The minimum atomic E-state index is -1.48. The highest BCUT2D eigenvalue weighted by Crippen LogP contribution is 2.25. The molecule has 1 atom stereocenters. The molecule has 0 saturated carbocycles. The van der Waals surface area contributed by atoms with E-state index in [1.165, 1.54) is 0 Å². The summed E-state index contributed by atoms with van der Waals surface area (Å²) in [5.74, 6) is 0.0253. The van der Waals surface area contributed by atoms with Crippen LogP contribution in [0, 0.1) is 13.8 Å². The first-order valence-corrected chi connectivity index (χ1v) is 13.2. The number of nitrogens with one attached hydrogen (secondary N) is 1. The van der Waals surface area contributed by atoms with Gasteiger partial charge in [-0.2, -0.15) is 0 Å². The number of piperazine rings is 1. The van der Waals surface area contributed by atoms with Gasteiger partial charge in [0.05, 0.1) is 11.4 Å². The molecule has 1 aliphatic heterocycles. The third kappa shape index (κ3) is 5.36. The van der Waals surface area contributed by atoms with Gasteiger partial charge in [0.15, 0.2) is 0 Å². The summed E-state index contributed by atoms with van der Waals surface area (Å²) in [6.07, 6.45) is 1.70. The summed E-state index contributed by atoms with van der Waals surface area (Å²) in [5.41, 5.74) is 5.04. The van der Waals surface area contributed by atoms with Gasteiger partial charge in [-0.05, 0) is 61.9 Å². The van der Waals surface area contributed by atoms with Crippen LogP contribution >= 0.6 is 0 Å². The van der Waals surface area contributed by atoms with Crippen molar-refractivity contribution in [3.8, 4) is 0 Å². The van der Waals surface area contributed by atoms with Crippen LogP contribution in [-0.4, -0.2) is 56.4 Å². The summed E-state index contributed by atoms with van der Waals surface area (Å²) in [7, 11) is 0. The Bertz CT molecular complexity index is 1380. The van der Waals surface area contributed by atoms with Crippen LogP contribution in [0.5, 0.6) is 0 Å². The number of hydrogen-bond acceptors (Lipinski definition) is 6. The summed E-state index contributed by atoms with van der Waals surface area (Å²) in [5, 5.41) is 0.943. The summed E-state index contributed by atoms with van der Waals surface area (Å²) in [6, 6.07) is 21.1. The van der Waals surface area contributed by atoms with Crippen molar-refractivity contribution in [2.75, 3.05) is 30.9 Å². The van der Waals surface area contributed by atoms with Crippen LogP contribution in [0.25, 0.3) is 10.9 Å². The number of hydrogen-bond donors (Lipinski definition) is 1. The van der Waals surface area contributed by atoms with Crippen molar-refractivity contribution in [2.24, 2.45) is 0 Å². The average molecular weight is 500 g/mol. The molecule has 2 aromatic heterocycles. The van der Waals surface area contributed by atoms with Crippen LogP contribution in [0.1, 0.15) is 27.3 Å². The molecule has 0 spiro atoms. The second-order valence-electron chi connectivity index (χ2n) is 9.07. The maximum atomic E-state index is 13.2. The lowest BCUT2D eigenvalue weighted by Crippen LogP contribution is -2.48. The molecule has 1 aliphatic rings. The molecule has 0 bridgehead atoms. The molecule has 0 aliphatic carbocycles. The second-order valence-corrected chi connectivity index (χ2v) is 10.3. The molecule has 8 heteroatoms. The molecule has 1 unspecified atom stereocenters. The van der Waals surface area contributed by atoms with Crippen LogP contribution in [0.3, 0.4) is 0 Å². The van der Waals surface area contributed by atoms with E-state index in [-0.39, 0.29) is 5.91 Å². The molecular weight excluding hydrogens is 470 g/mol. The Balaban J connectivity index is 1.21. The van der Waals surface area contributed by atoms with Crippen LogP contribution in [0.2, 0.25) is 0 Å². The topological polar surface area (TPSA) is 84.4 Å². The number of anilines is 1. The summed E-state index contributed by atoms with van der Waals surface area (Å²) in [4.78, 5) is 27.0. The highest BCUT2D eigenvalue weighted by molar-refractivity contribution is 7.93. The Morgan fingerprint density at radius 3 is 2.56 bits per heavy atom.